The van der Waals surface area contributed by atoms with Crippen molar-refractivity contribution in [1.29, 1.82) is 0 Å². The fraction of sp³-hybridized carbons (Fsp3) is 0.167. The molecule has 33 heavy (non-hydrogen) atoms. The van der Waals surface area contributed by atoms with E-state index in [0.29, 0.717) is 6.07 Å². The van der Waals surface area contributed by atoms with Crippen LogP contribution in [0.2, 0.25) is 5.02 Å². The fourth-order valence-corrected chi connectivity index (χ4v) is 4.65. The van der Waals surface area contributed by atoms with Crippen LogP contribution in [0.1, 0.15) is 27.4 Å². The molecule has 9 heteroatoms. The lowest BCUT2D eigenvalue weighted by atomic mass is 10.1. The second kappa shape index (κ2) is 8.93. The Labute approximate surface area is 203 Å². The standard InChI is InChI=1S/C24H17Cl3F2N2O2/c1-12-2-4-13(5-3-12)20-21(24(20,26)27)23(33)30-15-7-8-17(25)16(11-15)22(32)31-19-9-6-14(28)10-18(19)29/h2-11,20-21H,1H3,(H,30,33)(H,31,32). The number of hydrogen-bond donors (Lipinski definition) is 2. The minimum absolute atomic E-state index is 0.00733. The maximum absolute atomic E-state index is 13.9. The molecule has 0 bridgehead atoms. The molecule has 0 heterocycles. The second-order valence-corrected chi connectivity index (χ2v) is 9.65. The zero-order valence-electron chi connectivity index (χ0n) is 17.1. The third-order valence-corrected chi connectivity index (χ3v) is 6.70. The predicted molar refractivity (Wildman–Crippen MR) is 126 cm³/mol. The van der Waals surface area contributed by atoms with Crippen molar-refractivity contribution < 1.29 is 18.4 Å². The van der Waals surface area contributed by atoms with Crippen molar-refractivity contribution in [2.24, 2.45) is 5.92 Å². The minimum atomic E-state index is -1.26. The van der Waals surface area contributed by atoms with Gasteiger partial charge in [-0.3, -0.25) is 9.59 Å². The molecule has 2 N–H and O–H groups in total. The van der Waals surface area contributed by atoms with Crippen LogP contribution in [0.25, 0.3) is 0 Å². The molecule has 0 aliphatic heterocycles. The fourth-order valence-electron chi connectivity index (χ4n) is 3.62. The normalized spacial score (nSPS) is 18.5. The lowest BCUT2D eigenvalue weighted by molar-refractivity contribution is -0.117. The number of hydrogen-bond acceptors (Lipinski definition) is 2. The van der Waals surface area contributed by atoms with Gasteiger partial charge in [-0.15, -0.1) is 23.2 Å². The van der Waals surface area contributed by atoms with Crippen molar-refractivity contribution in [1.82, 2.24) is 0 Å². The van der Waals surface area contributed by atoms with Gasteiger partial charge in [0, 0.05) is 17.7 Å². The number of nitrogens with one attached hydrogen (secondary N) is 2. The molecule has 4 nitrogen and oxygen atoms in total. The van der Waals surface area contributed by atoms with Crippen LogP contribution in [0.3, 0.4) is 0 Å². The summed E-state index contributed by atoms with van der Waals surface area (Å²) >= 11 is 18.9. The lowest BCUT2D eigenvalue weighted by Gasteiger charge is -2.11. The number of halogens is 5. The highest BCUT2D eigenvalue weighted by Gasteiger charge is 2.67. The number of anilines is 2. The van der Waals surface area contributed by atoms with Crippen molar-refractivity contribution in [2.45, 2.75) is 17.2 Å². The average molecular weight is 510 g/mol. The second-order valence-electron chi connectivity index (χ2n) is 7.80. The lowest BCUT2D eigenvalue weighted by Crippen LogP contribution is -2.18. The average Bonchev–Trinajstić information content (AvgIpc) is 3.34. The number of amides is 2. The number of benzene rings is 3. The smallest absolute Gasteiger partial charge is 0.257 e. The molecule has 1 aliphatic rings. The SMILES string of the molecule is Cc1ccc(C2C(C(=O)Nc3ccc(Cl)c(C(=O)Nc4ccc(F)cc4F)c3)C2(Cl)Cl)cc1. The number of carbonyl (C=O) groups is 2. The summed E-state index contributed by atoms with van der Waals surface area (Å²) in [6.07, 6.45) is 0. The van der Waals surface area contributed by atoms with Gasteiger partial charge in [-0.1, -0.05) is 41.4 Å². The first kappa shape index (κ1) is 23.5. The highest BCUT2D eigenvalue weighted by Crippen LogP contribution is 2.65. The molecule has 3 aromatic rings. The molecule has 1 aliphatic carbocycles. The molecule has 4 rings (SSSR count). The van der Waals surface area contributed by atoms with Gasteiger partial charge in [-0.2, -0.15) is 0 Å². The molecule has 2 atom stereocenters. The molecule has 1 saturated carbocycles. The zero-order chi connectivity index (χ0) is 23.9. The zero-order valence-corrected chi connectivity index (χ0v) is 19.4. The van der Waals surface area contributed by atoms with E-state index in [9.17, 15) is 18.4 Å². The van der Waals surface area contributed by atoms with Gasteiger partial charge in [0.05, 0.1) is 22.2 Å². The number of alkyl halides is 2. The highest BCUT2D eigenvalue weighted by atomic mass is 35.5. The summed E-state index contributed by atoms with van der Waals surface area (Å²) in [5.41, 5.74) is 1.99. The summed E-state index contributed by atoms with van der Waals surface area (Å²) < 4.78 is 25.7. The largest absolute Gasteiger partial charge is 0.326 e. The summed E-state index contributed by atoms with van der Waals surface area (Å²) in [5.74, 6) is -3.91. The van der Waals surface area contributed by atoms with Crippen LogP contribution in [0.15, 0.2) is 60.7 Å². The van der Waals surface area contributed by atoms with Gasteiger partial charge in [0.2, 0.25) is 5.91 Å². The molecule has 0 saturated heterocycles. The Morgan fingerprint density at radius 2 is 1.64 bits per heavy atom. The van der Waals surface area contributed by atoms with Crippen LogP contribution in [-0.2, 0) is 4.79 Å². The molecule has 0 spiro atoms. The van der Waals surface area contributed by atoms with Gasteiger partial charge in [-0.25, -0.2) is 8.78 Å². The topological polar surface area (TPSA) is 58.2 Å². The van der Waals surface area contributed by atoms with Gasteiger partial charge in [0.1, 0.15) is 16.0 Å². The van der Waals surface area contributed by atoms with Crippen LogP contribution in [0.5, 0.6) is 0 Å². The van der Waals surface area contributed by atoms with Crippen molar-refractivity contribution in [3.63, 3.8) is 0 Å². The first-order valence-corrected chi connectivity index (χ1v) is 11.0. The van der Waals surface area contributed by atoms with Crippen molar-refractivity contribution >= 4 is 58.0 Å². The number of aryl methyl sites for hydroxylation is 1. The van der Waals surface area contributed by atoms with Gasteiger partial charge in [-0.05, 0) is 42.8 Å². The quantitative estimate of drug-likeness (QED) is 0.376. The molecular formula is C24H17Cl3F2N2O2. The molecule has 0 aromatic heterocycles. The summed E-state index contributed by atoms with van der Waals surface area (Å²) in [7, 11) is 0. The Kier molecular flexibility index (Phi) is 6.36. The van der Waals surface area contributed by atoms with E-state index in [1.807, 2.05) is 31.2 Å². The van der Waals surface area contributed by atoms with Crippen LogP contribution in [0.4, 0.5) is 20.2 Å². The first-order valence-electron chi connectivity index (χ1n) is 9.89. The van der Waals surface area contributed by atoms with Crippen molar-refractivity contribution in [3.05, 3.63) is 94.0 Å². The van der Waals surface area contributed by atoms with Crippen molar-refractivity contribution in [2.75, 3.05) is 10.6 Å². The van der Waals surface area contributed by atoms with Crippen LogP contribution in [-0.4, -0.2) is 16.1 Å². The predicted octanol–water partition coefficient (Wildman–Crippen LogP) is 6.70. The molecule has 2 amide bonds. The van der Waals surface area contributed by atoms with E-state index in [0.717, 1.165) is 23.3 Å². The summed E-state index contributed by atoms with van der Waals surface area (Å²) in [4.78, 5) is 25.5. The van der Waals surface area contributed by atoms with E-state index in [1.54, 1.807) is 0 Å². The molecule has 2 unspecified atom stereocenters. The van der Waals surface area contributed by atoms with Gasteiger partial charge < -0.3 is 10.6 Å². The van der Waals surface area contributed by atoms with E-state index in [-0.39, 0.29) is 27.9 Å². The van der Waals surface area contributed by atoms with Gasteiger partial charge in [0.25, 0.3) is 5.91 Å². The first-order chi connectivity index (χ1) is 15.6. The Morgan fingerprint density at radius 3 is 2.30 bits per heavy atom. The van der Waals surface area contributed by atoms with Gasteiger partial charge in [0.15, 0.2) is 0 Å². The Bertz CT molecular complexity index is 1250. The van der Waals surface area contributed by atoms with Crippen LogP contribution in [0, 0.1) is 24.5 Å². The highest BCUT2D eigenvalue weighted by molar-refractivity contribution is 6.53. The maximum atomic E-state index is 13.9. The monoisotopic (exact) mass is 508 g/mol. The van der Waals surface area contributed by atoms with Gasteiger partial charge >= 0.3 is 0 Å². The summed E-state index contributed by atoms with van der Waals surface area (Å²) in [5, 5.41) is 5.13. The minimum Gasteiger partial charge on any atom is -0.326 e. The Morgan fingerprint density at radius 1 is 0.939 bits per heavy atom. The summed E-state index contributed by atoms with van der Waals surface area (Å²) in [6.45, 7) is 1.95. The van der Waals surface area contributed by atoms with Crippen molar-refractivity contribution in [3.8, 4) is 0 Å². The Balaban J connectivity index is 1.50. The number of carbonyl (C=O) groups excluding carboxylic acids is 2. The van der Waals surface area contributed by atoms with E-state index >= 15 is 0 Å². The van der Waals surface area contributed by atoms with E-state index in [4.69, 9.17) is 34.8 Å². The molecule has 1 fully saturated rings. The Hall–Kier alpha value is -2.67. The number of rotatable bonds is 5. The van der Waals surface area contributed by atoms with Crippen LogP contribution < -0.4 is 10.6 Å². The molecule has 3 aromatic carbocycles. The molecule has 170 valence electrons. The van der Waals surface area contributed by atoms with E-state index in [2.05, 4.69) is 10.6 Å². The molecular weight excluding hydrogens is 493 g/mol. The van der Waals surface area contributed by atoms with E-state index in [1.165, 1.54) is 18.2 Å². The maximum Gasteiger partial charge on any atom is 0.257 e. The third-order valence-electron chi connectivity index (χ3n) is 5.43. The third kappa shape index (κ3) is 4.83. The van der Waals surface area contributed by atoms with E-state index < -0.39 is 33.7 Å². The van der Waals surface area contributed by atoms with Crippen LogP contribution >= 0.6 is 34.8 Å². The summed E-state index contributed by atoms with van der Waals surface area (Å²) in [6, 6.07) is 14.7. The molecule has 0 radical (unpaired) electrons.